The smallest absolute Gasteiger partial charge is 0.235 e. The lowest BCUT2D eigenvalue weighted by Gasteiger charge is -2.34. The van der Waals surface area contributed by atoms with Crippen LogP contribution in [0.5, 0.6) is 0 Å². The summed E-state index contributed by atoms with van der Waals surface area (Å²) in [6, 6.07) is 11.5. The average molecular weight is 478 g/mol. The number of primary amides is 2. The standard InChI is InChI=1S/C24H27N7O2S/c1-3-17-18(13-25)24(34-21(22(27)33)15-7-5-4-6-8-15)30-23(20(17)28-2)31-11-9-16(10-12-31)29-14-19(26)32/h4-8,16,21,29H,3,9-12,14H2,1H3,(H2,26,32)(H2,27,33). The van der Waals surface area contributed by atoms with Crippen molar-refractivity contribution in [2.75, 3.05) is 24.5 Å². The zero-order valence-electron chi connectivity index (χ0n) is 19.0. The van der Waals surface area contributed by atoms with E-state index in [1.807, 2.05) is 42.2 Å². The van der Waals surface area contributed by atoms with Gasteiger partial charge >= 0.3 is 0 Å². The van der Waals surface area contributed by atoms with Gasteiger partial charge in [-0.1, -0.05) is 49.0 Å². The van der Waals surface area contributed by atoms with E-state index in [4.69, 9.17) is 23.0 Å². The number of nitrogens with one attached hydrogen (secondary N) is 1. The number of nitrogens with zero attached hydrogens (tertiary/aromatic N) is 4. The fourth-order valence-electron chi connectivity index (χ4n) is 4.04. The van der Waals surface area contributed by atoms with E-state index in [0.717, 1.165) is 30.2 Å². The molecule has 0 saturated carbocycles. The Kier molecular flexibility index (Phi) is 8.47. The number of anilines is 1. The molecule has 1 atom stereocenters. The van der Waals surface area contributed by atoms with Gasteiger partial charge in [0.15, 0.2) is 0 Å². The van der Waals surface area contributed by atoms with Crippen LogP contribution in [0, 0.1) is 17.9 Å². The lowest BCUT2D eigenvalue weighted by molar-refractivity contribution is -0.118. The fourth-order valence-corrected chi connectivity index (χ4v) is 5.10. The molecule has 1 saturated heterocycles. The van der Waals surface area contributed by atoms with Gasteiger partial charge in [0, 0.05) is 19.1 Å². The number of aromatic nitrogens is 1. The minimum absolute atomic E-state index is 0.127. The van der Waals surface area contributed by atoms with Gasteiger partial charge in [0.1, 0.15) is 22.2 Å². The van der Waals surface area contributed by atoms with Crippen molar-refractivity contribution in [3.63, 3.8) is 0 Å². The van der Waals surface area contributed by atoms with E-state index < -0.39 is 17.1 Å². The first-order valence-corrected chi connectivity index (χ1v) is 11.9. The molecule has 1 aromatic carbocycles. The van der Waals surface area contributed by atoms with Crippen molar-refractivity contribution in [3.8, 4) is 6.07 Å². The molecule has 2 amide bonds. The van der Waals surface area contributed by atoms with Crippen LogP contribution in [0.4, 0.5) is 11.5 Å². The molecule has 0 spiro atoms. The molecule has 2 heterocycles. The van der Waals surface area contributed by atoms with Crippen molar-refractivity contribution >= 4 is 35.1 Å². The number of hydrogen-bond donors (Lipinski definition) is 3. The number of hydrogen-bond acceptors (Lipinski definition) is 7. The summed E-state index contributed by atoms with van der Waals surface area (Å²) in [5.74, 6) is -0.418. The summed E-state index contributed by atoms with van der Waals surface area (Å²) in [6.45, 7) is 11.1. The van der Waals surface area contributed by atoms with Crippen LogP contribution < -0.4 is 21.7 Å². The number of piperidine rings is 1. The van der Waals surface area contributed by atoms with E-state index in [1.165, 1.54) is 0 Å². The van der Waals surface area contributed by atoms with Gasteiger partial charge < -0.3 is 21.7 Å². The Morgan fingerprint density at radius 1 is 1.32 bits per heavy atom. The average Bonchev–Trinajstić information content (AvgIpc) is 2.85. The van der Waals surface area contributed by atoms with Crippen LogP contribution in [0.25, 0.3) is 4.85 Å². The highest BCUT2D eigenvalue weighted by atomic mass is 32.2. The molecule has 0 bridgehead atoms. The van der Waals surface area contributed by atoms with E-state index in [1.54, 1.807) is 0 Å². The lowest BCUT2D eigenvalue weighted by Crippen LogP contribution is -2.45. The van der Waals surface area contributed by atoms with Gasteiger partial charge in [-0.15, -0.1) is 0 Å². The van der Waals surface area contributed by atoms with Crippen LogP contribution in [0.1, 0.15) is 41.7 Å². The van der Waals surface area contributed by atoms with E-state index in [9.17, 15) is 14.9 Å². The molecular weight excluding hydrogens is 450 g/mol. The number of nitriles is 1. The number of pyridine rings is 1. The van der Waals surface area contributed by atoms with Crippen molar-refractivity contribution in [1.29, 1.82) is 5.26 Å². The third-order valence-electron chi connectivity index (χ3n) is 5.75. The normalized spacial score (nSPS) is 14.7. The Bertz CT molecular complexity index is 1130. The molecule has 1 aliphatic rings. The summed E-state index contributed by atoms with van der Waals surface area (Å²) in [7, 11) is 0. The Morgan fingerprint density at radius 2 is 2.00 bits per heavy atom. The zero-order valence-corrected chi connectivity index (χ0v) is 19.8. The molecule has 1 unspecified atom stereocenters. The summed E-state index contributed by atoms with van der Waals surface area (Å²) >= 11 is 1.14. The number of amides is 2. The Hall–Kier alpha value is -3.60. The first-order chi connectivity index (χ1) is 16.4. The third kappa shape index (κ3) is 5.66. The fraction of sp³-hybridized carbons (Fsp3) is 0.375. The van der Waals surface area contributed by atoms with Gasteiger partial charge in [0.05, 0.1) is 18.7 Å². The van der Waals surface area contributed by atoms with Gasteiger partial charge in [0.2, 0.25) is 17.5 Å². The van der Waals surface area contributed by atoms with Crippen molar-refractivity contribution in [2.24, 2.45) is 11.5 Å². The van der Waals surface area contributed by atoms with E-state index in [-0.39, 0.29) is 12.6 Å². The van der Waals surface area contributed by atoms with Crippen LogP contribution in [-0.2, 0) is 16.0 Å². The maximum atomic E-state index is 12.3. The quantitative estimate of drug-likeness (QED) is 0.372. The highest BCUT2D eigenvalue weighted by Crippen LogP contribution is 2.43. The number of thioether (sulfide) groups is 1. The zero-order chi connectivity index (χ0) is 24.7. The largest absolute Gasteiger partial charge is 0.369 e. The van der Waals surface area contributed by atoms with E-state index >= 15 is 0 Å². The maximum absolute atomic E-state index is 12.3. The predicted molar refractivity (Wildman–Crippen MR) is 131 cm³/mol. The summed E-state index contributed by atoms with van der Waals surface area (Å²) in [5.41, 5.74) is 13.0. The number of benzene rings is 1. The second kappa shape index (κ2) is 11.5. The highest BCUT2D eigenvalue weighted by Gasteiger charge is 2.29. The molecule has 1 aliphatic heterocycles. The maximum Gasteiger partial charge on any atom is 0.235 e. The SMILES string of the molecule is [C-]#[N+]c1c(N2CCC(NCC(N)=O)CC2)nc(SC(C(N)=O)c2ccccc2)c(C#N)c1CC. The Morgan fingerprint density at radius 3 is 2.53 bits per heavy atom. The van der Waals surface area contributed by atoms with Gasteiger partial charge in [-0.25, -0.2) is 9.83 Å². The van der Waals surface area contributed by atoms with Crippen molar-refractivity contribution in [1.82, 2.24) is 10.3 Å². The van der Waals surface area contributed by atoms with Crippen molar-refractivity contribution in [2.45, 2.75) is 42.5 Å². The van der Waals surface area contributed by atoms with Crippen LogP contribution in [0.15, 0.2) is 35.4 Å². The molecule has 2 aromatic rings. The molecule has 0 radical (unpaired) electrons. The summed E-state index contributed by atoms with van der Waals surface area (Å²) in [4.78, 5) is 33.9. The molecule has 1 aromatic heterocycles. The number of nitrogens with two attached hydrogens (primary N) is 2. The van der Waals surface area contributed by atoms with Crippen LogP contribution in [0.2, 0.25) is 0 Å². The molecule has 9 nitrogen and oxygen atoms in total. The van der Waals surface area contributed by atoms with E-state index in [0.29, 0.717) is 47.2 Å². The van der Waals surface area contributed by atoms with Crippen LogP contribution in [0.3, 0.4) is 0 Å². The predicted octanol–water partition coefficient (Wildman–Crippen LogP) is 2.43. The lowest BCUT2D eigenvalue weighted by atomic mass is 10.0. The molecule has 10 heteroatoms. The molecule has 176 valence electrons. The first-order valence-electron chi connectivity index (χ1n) is 11.0. The number of rotatable bonds is 9. The molecule has 5 N–H and O–H groups in total. The van der Waals surface area contributed by atoms with Crippen LogP contribution >= 0.6 is 11.8 Å². The van der Waals surface area contributed by atoms with Gasteiger partial charge in [-0.3, -0.25) is 9.59 Å². The van der Waals surface area contributed by atoms with Crippen molar-refractivity contribution in [3.05, 3.63) is 58.4 Å². The van der Waals surface area contributed by atoms with Gasteiger partial charge in [0.25, 0.3) is 0 Å². The summed E-state index contributed by atoms with van der Waals surface area (Å²) < 4.78 is 0. The van der Waals surface area contributed by atoms with Gasteiger partial charge in [-0.2, -0.15) is 5.26 Å². The third-order valence-corrected chi connectivity index (χ3v) is 7.01. The molecule has 1 fully saturated rings. The second-order valence-electron chi connectivity index (χ2n) is 7.94. The number of carbonyl (C=O) groups is 2. The minimum atomic E-state index is -0.721. The van der Waals surface area contributed by atoms with Crippen LogP contribution in [-0.4, -0.2) is 42.5 Å². The summed E-state index contributed by atoms with van der Waals surface area (Å²) in [6.07, 6.45) is 1.99. The minimum Gasteiger partial charge on any atom is -0.369 e. The second-order valence-corrected chi connectivity index (χ2v) is 9.03. The highest BCUT2D eigenvalue weighted by molar-refractivity contribution is 8.00. The molecule has 0 aliphatic carbocycles. The number of carbonyl (C=O) groups excluding carboxylic acids is 2. The van der Waals surface area contributed by atoms with Gasteiger partial charge in [-0.05, 0) is 30.4 Å². The van der Waals surface area contributed by atoms with Crippen molar-refractivity contribution < 1.29 is 9.59 Å². The molecule has 34 heavy (non-hydrogen) atoms. The Labute approximate surface area is 203 Å². The monoisotopic (exact) mass is 477 g/mol. The van der Waals surface area contributed by atoms with E-state index in [2.05, 4.69) is 16.2 Å². The topological polar surface area (TPSA) is 142 Å². The Balaban J connectivity index is 1.98. The molecular formula is C24H27N7O2S. The summed E-state index contributed by atoms with van der Waals surface area (Å²) in [5, 5.41) is 12.8. The first kappa shape index (κ1) is 25.0. The molecule has 3 rings (SSSR count).